The summed E-state index contributed by atoms with van der Waals surface area (Å²) in [7, 11) is 2.14. The first-order valence-electron chi connectivity index (χ1n) is 6.89. The van der Waals surface area contributed by atoms with Crippen LogP contribution in [0.1, 0.15) is 12.1 Å². The van der Waals surface area contributed by atoms with Crippen LogP contribution in [0.4, 0.5) is 0 Å². The average molecular weight is 265 g/mol. The van der Waals surface area contributed by atoms with Crippen LogP contribution in [0.25, 0.3) is 0 Å². The van der Waals surface area contributed by atoms with E-state index < -0.39 is 0 Å². The standard InChI is InChI=1S/C13H23N5O/c1-17-6-8-18(9-7-17)5-3-13(19)15-4-2-12-10-14-11-16-12/h10-11H,2-9H2,1H3,(H,14,16)(H,15,19). The first-order valence-corrected chi connectivity index (χ1v) is 6.89. The van der Waals surface area contributed by atoms with Crippen molar-refractivity contribution in [2.45, 2.75) is 12.8 Å². The van der Waals surface area contributed by atoms with Crippen LogP contribution in [-0.2, 0) is 11.2 Å². The molecule has 2 N–H and O–H groups in total. The van der Waals surface area contributed by atoms with Crippen molar-refractivity contribution in [3.63, 3.8) is 0 Å². The number of imidazole rings is 1. The number of H-pyrrole nitrogens is 1. The minimum atomic E-state index is 0.137. The van der Waals surface area contributed by atoms with E-state index in [1.165, 1.54) is 0 Å². The Kier molecular flexibility index (Phi) is 5.35. The normalized spacial score (nSPS) is 17.5. The third kappa shape index (κ3) is 5.00. The lowest BCUT2D eigenvalue weighted by Gasteiger charge is -2.32. The molecule has 2 heterocycles. The van der Waals surface area contributed by atoms with Crippen molar-refractivity contribution in [3.8, 4) is 0 Å². The highest BCUT2D eigenvalue weighted by Crippen LogP contribution is 2.00. The fraction of sp³-hybridized carbons (Fsp3) is 0.692. The smallest absolute Gasteiger partial charge is 0.221 e. The van der Waals surface area contributed by atoms with E-state index in [1.807, 2.05) is 0 Å². The second-order valence-corrected chi connectivity index (χ2v) is 5.07. The van der Waals surface area contributed by atoms with Gasteiger partial charge in [0.25, 0.3) is 0 Å². The van der Waals surface area contributed by atoms with Gasteiger partial charge in [0.2, 0.25) is 5.91 Å². The largest absolute Gasteiger partial charge is 0.356 e. The predicted octanol–water partition coefficient (Wildman–Crippen LogP) is -0.294. The molecule has 0 radical (unpaired) electrons. The number of carbonyl (C=O) groups excluding carboxylic acids is 1. The second kappa shape index (κ2) is 7.25. The first kappa shape index (κ1) is 14.0. The van der Waals surface area contributed by atoms with Gasteiger partial charge in [-0.3, -0.25) is 4.79 Å². The molecule has 0 spiro atoms. The maximum absolute atomic E-state index is 11.7. The summed E-state index contributed by atoms with van der Waals surface area (Å²) in [6, 6.07) is 0. The molecule has 0 aliphatic carbocycles. The van der Waals surface area contributed by atoms with Gasteiger partial charge in [0, 0.05) is 64.0 Å². The third-order valence-corrected chi connectivity index (χ3v) is 3.52. The van der Waals surface area contributed by atoms with Crippen LogP contribution in [0.5, 0.6) is 0 Å². The molecular weight excluding hydrogens is 242 g/mol. The summed E-state index contributed by atoms with van der Waals surface area (Å²) in [5, 5.41) is 2.95. The van der Waals surface area contributed by atoms with Gasteiger partial charge in [0.15, 0.2) is 0 Å². The van der Waals surface area contributed by atoms with Crippen molar-refractivity contribution in [3.05, 3.63) is 18.2 Å². The minimum Gasteiger partial charge on any atom is -0.356 e. The lowest BCUT2D eigenvalue weighted by Crippen LogP contribution is -2.45. The lowest BCUT2D eigenvalue weighted by molar-refractivity contribution is -0.121. The lowest BCUT2D eigenvalue weighted by atomic mass is 10.3. The Morgan fingerprint density at radius 2 is 2.21 bits per heavy atom. The van der Waals surface area contributed by atoms with Crippen molar-refractivity contribution >= 4 is 5.91 Å². The maximum Gasteiger partial charge on any atom is 0.221 e. The maximum atomic E-state index is 11.7. The zero-order valence-electron chi connectivity index (χ0n) is 11.6. The summed E-state index contributed by atoms with van der Waals surface area (Å²) >= 11 is 0. The van der Waals surface area contributed by atoms with E-state index in [1.54, 1.807) is 12.5 Å². The predicted molar refractivity (Wildman–Crippen MR) is 73.9 cm³/mol. The fourth-order valence-electron chi connectivity index (χ4n) is 2.18. The van der Waals surface area contributed by atoms with Gasteiger partial charge in [-0.2, -0.15) is 0 Å². The molecule has 1 aromatic heterocycles. The number of rotatable bonds is 6. The van der Waals surface area contributed by atoms with Crippen LogP contribution >= 0.6 is 0 Å². The quantitative estimate of drug-likeness (QED) is 0.741. The molecule has 1 saturated heterocycles. The van der Waals surface area contributed by atoms with Crippen LogP contribution in [0.3, 0.4) is 0 Å². The monoisotopic (exact) mass is 265 g/mol. The zero-order valence-corrected chi connectivity index (χ0v) is 11.6. The van der Waals surface area contributed by atoms with Crippen LogP contribution in [0.15, 0.2) is 12.5 Å². The highest BCUT2D eigenvalue weighted by atomic mass is 16.1. The van der Waals surface area contributed by atoms with Crippen molar-refractivity contribution in [2.24, 2.45) is 0 Å². The Bertz CT molecular complexity index is 370. The molecule has 0 unspecified atom stereocenters. The van der Waals surface area contributed by atoms with E-state index in [9.17, 15) is 4.79 Å². The molecule has 19 heavy (non-hydrogen) atoms. The van der Waals surface area contributed by atoms with Gasteiger partial charge in [0.1, 0.15) is 0 Å². The number of nitrogens with zero attached hydrogens (tertiary/aromatic N) is 3. The number of hydrogen-bond acceptors (Lipinski definition) is 4. The molecule has 0 atom stereocenters. The second-order valence-electron chi connectivity index (χ2n) is 5.07. The van der Waals surface area contributed by atoms with Crippen LogP contribution < -0.4 is 5.32 Å². The molecule has 6 nitrogen and oxygen atoms in total. The SMILES string of the molecule is CN1CCN(CCC(=O)NCCc2cnc[nH]2)CC1. The topological polar surface area (TPSA) is 64.3 Å². The van der Waals surface area contributed by atoms with E-state index in [4.69, 9.17) is 0 Å². The first-order chi connectivity index (χ1) is 9.24. The van der Waals surface area contributed by atoms with Crippen LogP contribution in [0, 0.1) is 0 Å². The van der Waals surface area contributed by atoms with E-state index in [0.717, 1.165) is 44.8 Å². The van der Waals surface area contributed by atoms with Gasteiger partial charge in [0.05, 0.1) is 6.33 Å². The minimum absolute atomic E-state index is 0.137. The van der Waals surface area contributed by atoms with Gasteiger partial charge < -0.3 is 20.1 Å². The average Bonchev–Trinajstić information content (AvgIpc) is 2.91. The Morgan fingerprint density at radius 1 is 1.42 bits per heavy atom. The summed E-state index contributed by atoms with van der Waals surface area (Å²) in [5.74, 6) is 0.137. The van der Waals surface area contributed by atoms with E-state index >= 15 is 0 Å². The summed E-state index contributed by atoms with van der Waals surface area (Å²) < 4.78 is 0. The molecule has 6 heteroatoms. The number of hydrogen-bond donors (Lipinski definition) is 2. The Morgan fingerprint density at radius 3 is 2.89 bits per heavy atom. The van der Waals surface area contributed by atoms with E-state index in [-0.39, 0.29) is 5.91 Å². The number of nitrogens with one attached hydrogen (secondary N) is 2. The number of aromatic amines is 1. The van der Waals surface area contributed by atoms with Gasteiger partial charge in [-0.25, -0.2) is 4.98 Å². The molecule has 0 saturated carbocycles. The summed E-state index contributed by atoms with van der Waals surface area (Å²) in [5.41, 5.74) is 1.05. The van der Waals surface area contributed by atoms with E-state index in [0.29, 0.717) is 13.0 Å². The molecule has 1 fully saturated rings. The molecule has 1 amide bonds. The Labute approximate surface area is 114 Å². The molecular formula is C13H23N5O. The van der Waals surface area contributed by atoms with Crippen molar-refractivity contribution < 1.29 is 4.79 Å². The number of aromatic nitrogens is 2. The van der Waals surface area contributed by atoms with E-state index in [2.05, 4.69) is 32.1 Å². The Hall–Kier alpha value is -1.40. The van der Waals surface area contributed by atoms with Gasteiger partial charge in [-0.15, -0.1) is 0 Å². The van der Waals surface area contributed by atoms with Gasteiger partial charge in [-0.05, 0) is 7.05 Å². The molecule has 106 valence electrons. The summed E-state index contributed by atoms with van der Waals surface area (Å²) in [4.78, 5) is 23.3. The molecule has 0 bridgehead atoms. The Balaban J connectivity index is 1.54. The van der Waals surface area contributed by atoms with Crippen LogP contribution in [-0.4, -0.2) is 72.0 Å². The molecule has 1 aromatic rings. The number of carbonyl (C=O) groups is 1. The molecule has 2 rings (SSSR count). The molecule has 0 aromatic carbocycles. The van der Waals surface area contributed by atoms with Gasteiger partial charge >= 0.3 is 0 Å². The molecule has 1 aliphatic rings. The van der Waals surface area contributed by atoms with Crippen molar-refractivity contribution in [1.82, 2.24) is 25.1 Å². The van der Waals surface area contributed by atoms with Crippen molar-refractivity contribution in [1.29, 1.82) is 0 Å². The summed E-state index contributed by atoms with van der Waals surface area (Å²) in [6.45, 7) is 5.87. The summed E-state index contributed by atoms with van der Waals surface area (Å²) in [6.07, 6.45) is 4.84. The van der Waals surface area contributed by atoms with Crippen molar-refractivity contribution in [2.75, 3.05) is 46.3 Å². The highest BCUT2D eigenvalue weighted by molar-refractivity contribution is 5.76. The molecule has 1 aliphatic heterocycles. The zero-order chi connectivity index (χ0) is 13.5. The number of piperazine rings is 1. The van der Waals surface area contributed by atoms with Gasteiger partial charge in [-0.1, -0.05) is 0 Å². The number of likely N-dealkylation sites (N-methyl/N-ethyl adjacent to an activating group) is 1. The van der Waals surface area contributed by atoms with Crippen LogP contribution in [0.2, 0.25) is 0 Å². The third-order valence-electron chi connectivity index (χ3n) is 3.52. The highest BCUT2D eigenvalue weighted by Gasteiger charge is 2.14. The fourth-order valence-corrected chi connectivity index (χ4v) is 2.18. The number of amides is 1.